The van der Waals surface area contributed by atoms with Crippen LogP contribution in [0.5, 0.6) is 17.2 Å². The van der Waals surface area contributed by atoms with E-state index in [4.69, 9.17) is 14.2 Å². The second-order valence-electron chi connectivity index (χ2n) is 8.26. The molecule has 0 radical (unpaired) electrons. The first kappa shape index (κ1) is 26.8. The first-order valence-corrected chi connectivity index (χ1v) is 12.1. The van der Waals surface area contributed by atoms with Crippen molar-refractivity contribution in [2.45, 2.75) is 20.0 Å². The van der Waals surface area contributed by atoms with Gasteiger partial charge in [-0.2, -0.15) is 5.10 Å². The van der Waals surface area contributed by atoms with E-state index in [-0.39, 0.29) is 17.2 Å². The van der Waals surface area contributed by atoms with Gasteiger partial charge >= 0.3 is 11.7 Å². The number of para-hydroxylation sites is 2. The van der Waals surface area contributed by atoms with Gasteiger partial charge in [-0.05, 0) is 61.0 Å². The molecule has 198 valence electrons. The first-order chi connectivity index (χ1) is 18.9. The third kappa shape index (κ3) is 6.55. The molecule has 1 amide bonds. The lowest BCUT2D eigenvalue weighted by Crippen LogP contribution is -2.33. The number of amides is 1. The predicted molar refractivity (Wildman–Crippen MR) is 145 cm³/mol. The normalized spacial score (nSPS) is 11.6. The molecule has 0 aliphatic rings. The lowest BCUT2D eigenvalue weighted by Gasteiger charge is -2.13. The minimum Gasteiger partial charge on any atom is -0.494 e. The molecule has 4 aromatic rings. The first-order valence-electron chi connectivity index (χ1n) is 12.1. The van der Waals surface area contributed by atoms with E-state index >= 15 is 0 Å². The van der Waals surface area contributed by atoms with Crippen LogP contribution in [0.25, 0.3) is 10.8 Å². The van der Waals surface area contributed by atoms with Crippen LogP contribution in [0.3, 0.4) is 0 Å². The summed E-state index contributed by atoms with van der Waals surface area (Å²) in [6, 6.07) is 23.3. The van der Waals surface area contributed by atoms with Crippen LogP contribution in [0.1, 0.15) is 29.8 Å². The summed E-state index contributed by atoms with van der Waals surface area (Å²) in [4.78, 5) is 36.1. The zero-order valence-electron chi connectivity index (χ0n) is 21.2. The lowest BCUT2D eigenvalue weighted by molar-refractivity contribution is -0.386. The van der Waals surface area contributed by atoms with Crippen LogP contribution >= 0.6 is 0 Å². The molecular formula is C29H25N3O7. The van der Waals surface area contributed by atoms with Crippen molar-refractivity contribution >= 4 is 34.6 Å². The minimum atomic E-state index is -1.08. The van der Waals surface area contributed by atoms with E-state index in [0.29, 0.717) is 23.5 Å². The summed E-state index contributed by atoms with van der Waals surface area (Å²) in [5, 5.41) is 16.9. The number of nitro groups is 1. The number of hydrogen-bond donors (Lipinski definition) is 1. The Kier molecular flexibility index (Phi) is 8.47. The van der Waals surface area contributed by atoms with Gasteiger partial charge in [0.2, 0.25) is 0 Å². The van der Waals surface area contributed by atoms with E-state index in [1.165, 1.54) is 31.3 Å². The van der Waals surface area contributed by atoms with Crippen molar-refractivity contribution in [1.82, 2.24) is 5.43 Å². The van der Waals surface area contributed by atoms with Crippen LogP contribution in [0, 0.1) is 10.1 Å². The Balaban J connectivity index is 1.52. The smallest absolute Gasteiger partial charge is 0.343 e. The van der Waals surface area contributed by atoms with E-state index in [9.17, 15) is 19.7 Å². The van der Waals surface area contributed by atoms with Crippen molar-refractivity contribution < 1.29 is 28.7 Å². The molecular weight excluding hydrogens is 502 g/mol. The molecule has 0 saturated heterocycles. The largest absolute Gasteiger partial charge is 0.494 e. The Bertz CT molecular complexity index is 1530. The van der Waals surface area contributed by atoms with Crippen LogP contribution in [0.15, 0.2) is 90.0 Å². The molecule has 0 bridgehead atoms. The predicted octanol–water partition coefficient (Wildman–Crippen LogP) is 5.28. The number of nitro benzene ring substituents is 1. The number of carbonyl (C=O) groups excluding carboxylic acids is 2. The number of benzene rings is 4. The number of hydrogen-bond acceptors (Lipinski definition) is 8. The van der Waals surface area contributed by atoms with Gasteiger partial charge in [0.15, 0.2) is 11.9 Å². The average molecular weight is 528 g/mol. The Morgan fingerprint density at radius 2 is 1.69 bits per heavy atom. The average Bonchev–Trinajstić information content (AvgIpc) is 2.94. The molecule has 1 atom stereocenters. The van der Waals surface area contributed by atoms with Gasteiger partial charge in [0.25, 0.3) is 5.91 Å². The maximum Gasteiger partial charge on any atom is 0.343 e. The Morgan fingerprint density at radius 1 is 0.974 bits per heavy atom. The fourth-order valence-corrected chi connectivity index (χ4v) is 3.71. The van der Waals surface area contributed by atoms with Gasteiger partial charge < -0.3 is 14.2 Å². The Labute approximate surface area is 224 Å². The van der Waals surface area contributed by atoms with Crippen LogP contribution < -0.4 is 19.6 Å². The van der Waals surface area contributed by atoms with Crippen molar-refractivity contribution in [2.75, 3.05) is 6.61 Å². The molecule has 0 aliphatic heterocycles. The van der Waals surface area contributed by atoms with Gasteiger partial charge in [-0.1, -0.05) is 42.5 Å². The summed E-state index contributed by atoms with van der Waals surface area (Å²) >= 11 is 0. The molecule has 0 aromatic heterocycles. The SMILES string of the molecule is CCOc1ccc(C(=O)Oc2ccc3ccccc3c2C=NNC(=O)C(C)Oc2ccccc2[N+](=O)[O-])cc1. The summed E-state index contributed by atoms with van der Waals surface area (Å²) in [7, 11) is 0. The molecule has 10 heteroatoms. The fraction of sp³-hybridized carbons (Fsp3) is 0.138. The van der Waals surface area contributed by atoms with Crippen molar-refractivity contribution in [3.8, 4) is 17.2 Å². The van der Waals surface area contributed by atoms with E-state index in [2.05, 4.69) is 10.5 Å². The van der Waals surface area contributed by atoms with Gasteiger partial charge in [-0.15, -0.1) is 0 Å². The van der Waals surface area contributed by atoms with Crippen molar-refractivity contribution in [2.24, 2.45) is 5.10 Å². The Hall–Kier alpha value is -5.25. The fourth-order valence-electron chi connectivity index (χ4n) is 3.71. The second-order valence-corrected chi connectivity index (χ2v) is 8.26. The number of ether oxygens (including phenoxy) is 3. The number of nitrogens with one attached hydrogen (secondary N) is 1. The number of fused-ring (bicyclic) bond motifs is 1. The number of rotatable bonds is 10. The van der Waals surface area contributed by atoms with E-state index in [1.54, 1.807) is 36.4 Å². The third-order valence-electron chi connectivity index (χ3n) is 5.64. The molecule has 4 aromatic carbocycles. The van der Waals surface area contributed by atoms with Crippen LogP contribution in [0.2, 0.25) is 0 Å². The summed E-state index contributed by atoms with van der Waals surface area (Å²) in [6.45, 7) is 3.83. The van der Waals surface area contributed by atoms with Crippen molar-refractivity contribution in [3.63, 3.8) is 0 Å². The lowest BCUT2D eigenvalue weighted by atomic mass is 10.0. The Morgan fingerprint density at radius 3 is 2.44 bits per heavy atom. The van der Waals surface area contributed by atoms with Gasteiger partial charge in [-0.25, -0.2) is 10.2 Å². The monoisotopic (exact) mass is 527 g/mol. The highest BCUT2D eigenvalue weighted by molar-refractivity contribution is 6.04. The van der Waals surface area contributed by atoms with Gasteiger partial charge in [-0.3, -0.25) is 14.9 Å². The molecule has 0 saturated carbocycles. The molecule has 1 unspecified atom stereocenters. The standard InChI is InChI=1S/C29H25N3O7/c1-3-37-22-15-12-21(13-16-22)29(34)39-26-17-14-20-8-4-5-9-23(20)24(26)18-30-31-28(33)19(2)38-27-11-7-6-10-25(27)32(35)36/h4-19H,3H2,1-2H3,(H,31,33). The third-order valence-corrected chi connectivity index (χ3v) is 5.64. The summed E-state index contributed by atoms with van der Waals surface area (Å²) in [5.74, 6) is -0.346. The highest BCUT2D eigenvalue weighted by atomic mass is 16.6. The van der Waals surface area contributed by atoms with Crippen LogP contribution in [-0.4, -0.2) is 35.7 Å². The highest BCUT2D eigenvalue weighted by Gasteiger charge is 2.20. The quantitative estimate of drug-likeness (QED) is 0.0976. The van der Waals surface area contributed by atoms with Gasteiger partial charge in [0.1, 0.15) is 11.5 Å². The number of nitrogens with zero attached hydrogens (tertiary/aromatic N) is 2. The topological polar surface area (TPSA) is 129 Å². The van der Waals surface area contributed by atoms with Crippen LogP contribution in [0.4, 0.5) is 5.69 Å². The number of carbonyl (C=O) groups is 2. The van der Waals surface area contributed by atoms with Crippen molar-refractivity contribution in [1.29, 1.82) is 0 Å². The summed E-state index contributed by atoms with van der Waals surface area (Å²) < 4.78 is 16.6. The van der Waals surface area contributed by atoms with E-state index in [0.717, 1.165) is 10.8 Å². The van der Waals surface area contributed by atoms with Crippen LogP contribution in [-0.2, 0) is 4.79 Å². The van der Waals surface area contributed by atoms with E-state index in [1.807, 2.05) is 37.3 Å². The highest BCUT2D eigenvalue weighted by Crippen LogP contribution is 2.28. The molecule has 10 nitrogen and oxygen atoms in total. The molecule has 0 fully saturated rings. The molecule has 1 N–H and O–H groups in total. The molecule has 0 heterocycles. The summed E-state index contributed by atoms with van der Waals surface area (Å²) in [5.41, 5.74) is 2.93. The molecule has 0 spiro atoms. The zero-order chi connectivity index (χ0) is 27.8. The number of esters is 1. The summed E-state index contributed by atoms with van der Waals surface area (Å²) in [6.07, 6.45) is 0.298. The zero-order valence-corrected chi connectivity index (χ0v) is 21.2. The van der Waals surface area contributed by atoms with Crippen molar-refractivity contribution in [3.05, 3.63) is 106 Å². The van der Waals surface area contributed by atoms with Gasteiger partial charge in [0, 0.05) is 11.6 Å². The van der Waals surface area contributed by atoms with E-state index < -0.39 is 22.9 Å². The molecule has 4 rings (SSSR count). The number of hydrazone groups is 1. The molecule has 39 heavy (non-hydrogen) atoms. The minimum absolute atomic E-state index is 0.0355. The maximum absolute atomic E-state index is 12.9. The van der Waals surface area contributed by atoms with Gasteiger partial charge in [0.05, 0.1) is 23.3 Å². The second kappa shape index (κ2) is 12.3. The maximum atomic E-state index is 12.9. The molecule has 0 aliphatic carbocycles.